The summed E-state index contributed by atoms with van der Waals surface area (Å²) in [7, 11) is 0. The molecule has 0 radical (unpaired) electrons. The zero-order valence-electron chi connectivity index (χ0n) is 8.13. The van der Waals surface area contributed by atoms with E-state index < -0.39 is 24.5 Å². The summed E-state index contributed by atoms with van der Waals surface area (Å²) in [6, 6.07) is 0.970. The number of hydrogen-bond donors (Lipinski definition) is 1. The van der Waals surface area contributed by atoms with Crippen molar-refractivity contribution in [2.75, 3.05) is 0 Å². The third-order valence-electron chi connectivity index (χ3n) is 1.99. The molecule has 0 saturated heterocycles. The van der Waals surface area contributed by atoms with Gasteiger partial charge in [0.25, 0.3) is 0 Å². The van der Waals surface area contributed by atoms with Crippen LogP contribution in [0.4, 0.5) is 13.2 Å². The molecule has 0 fully saturated rings. The van der Waals surface area contributed by atoms with E-state index in [1.807, 2.05) is 0 Å². The molecule has 0 saturated carbocycles. The molecule has 1 atom stereocenters. The number of nitrogens with zero attached hydrogens (tertiary/aromatic N) is 1. The first-order valence-corrected chi connectivity index (χ1v) is 5.07. The topological polar surface area (TPSA) is 50.2 Å². The highest BCUT2D eigenvalue weighted by Crippen LogP contribution is 2.38. The van der Waals surface area contributed by atoms with E-state index in [4.69, 9.17) is 28.3 Å². The second kappa shape index (κ2) is 5.10. The maximum absolute atomic E-state index is 12.6. The molecule has 0 aliphatic heterocycles. The Hall–Kier alpha value is -1.01. The number of alkyl halides is 3. The average molecular weight is 288 g/mol. The Balaban J connectivity index is 3.13. The fourth-order valence-electron chi connectivity index (χ4n) is 1.22. The molecule has 17 heavy (non-hydrogen) atoms. The Morgan fingerprint density at radius 3 is 2.47 bits per heavy atom. The van der Waals surface area contributed by atoms with Crippen molar-refractivity contribution in [2.24, 2.45) is 0 Å². The summed E-state index contributed by atoms with van der Waals surface area (Å²) in [6.07, 6.45) is -4.89. The first-order chi connectivity index (χ1) is 7.71. The van der Waals surface area contributed by atoms with Crippen LogP contribution in [-0.2, 0) is 4.79 Å². The number of pyridine rings is 1. The van der Waals surface area contributed by atoms with Gasteiger partial charge in [-0.05, 0) is 11.6 Å². The fraction of sp³-hybridized carbons (Fsp3) is 0.333. The van der Waals surface area contributed by atoms with Crippen LogP contribution in [0.1, 0.15) is 17.9 Å². The predicted molar refractivity (Wildman–Crippen MR) is 55.3 cm³/mol. The first-order valence-electron chi connectivity index (χ1n) is 4.31. The molecule has 0 aliphatic carbocycles. The van der Waals surface area contributed by atoms with Crippen molar-refractivity contribution in [3.63, 3.8) is 0 Å². The van der Waals surface area contributed by atoms with Gasteiger partial charge in [0.15, 0.2) is 0 Å². The number of halogens is 5. The molecular weight excluding hydrogens is 282 g/mol. The largest absolute Gasteiger partial charge is 0.481 e. The van der Waals surface area contributed by atoms with E-state index in [1.54, 1.807) is 0 Å². The molecule has 0 amide bonds. The number of hydrogen-bond acceptors (Lipinski definition) is 2. The van der Waals surface area contributed by atoms with E-state index in [9.17, 15) is 18.0 Å². The number of aromatic nitrogens is 1. The molecule has 0 bridgehead atoms. The van der Waals surface area contributed by atoms with Gasteiger partial charge in [0.1, 0.15) is 5.15 Å². The van der Waals surface area contributed by atoms with E-state index in [0.717, 1.165) is 12.3 Å². The minimum absolute atomic E-state index is 0.133. The zero-order valence-corrected chi connectivity index (χ0v) is 9.64. The first kappa shape index (κ1) is 14.1. The number of carbonyl (C=O) groups is 1. The van der Waals surface area contributed by atoms with Crippen LogP contribution in [0.15, 0.2) is 12.3 Å². The van der Waals surface area contributed by atoms with Crippen molar-refractivity contribution >= 4 is 29.2 Å². The molecule has 1 unspecified atom stereocenters. The molecule has 3 nitrogen and oxygen atoms in total. The van der Waals surface area contributed by atoms with E-state index >= 15 is 0 Å². The standard InChI is InChI=1S/C9H6Cl2F3NO2/c10-6-1-4(3-15-8(6)11)5(2-7(16)17)9(12,13)14/h1,3,5H,2H2,(H,16,17). The normalized spacial score (nSPS) is 13.5. The number of carboxylic acids is 1. The summed E-state index contributed by atoms with van der Waals surface area (Å²) in [5.74, 6) is -3.71. The second-order valence-electron chi connectivity index (χ2n) is 3.23. The molecule has 0 aromatic carbocycles. The van der Waals surface area contributed by atoms with Crippen molar-refractivity contribution in [3.8, 4) is 0 Å². The summed E-state index contributed by atoms with van der Waals surface area (Å²) in [5.41, 5.74) is -0.325. The molecule has 1 N–H and O–H groups in total. The second-order valence-corrected chi connectivity index (χ2v) is 4.00. The third-order valence-corrected chi connectivity index (χ3v) is 2.68. The maximum Gasteiger partial charge on any atom is 0.396 e. The Labute approximate surface area is 104 Å². The van der Waals surface area contributed by atoms with Gasteiger partial charge in [-0.3, -0.25) is 4.79 Å². The number of rotatable bonds is 3. The number of carboxylic acid groups (broad SMARTS) is 1. The Morgan fingerprint density at radius 1 is 1.47 bits per heavy atom. The smallest absolute Gasteiger partial charge is 0.396 e. The van der Waals surface area contributed by atoms with Crippen LogP contribution < -0.4 is 0 Å². The molecule has 94 valence electrons. The Bertz CT molecular complexity index is 437. The van der Waals surface area contributed by atoms with Gasteiger partial charge in [-0.1, -0.05) is 23.2 Å². The quantitative estimate of drug-likeness (QED) is 0.866. The lowest BCUT2D eigenvalue weighted by atomic mass is 9.97. The van der Waals surface area contributed by atoms with Crippen molar-refractivity contribution in [3.05, 3.63) is 28.0 Å². The molecule has 1 rings (SSSR count). The Kier molecular flexibility index (Phi) is 4.21. The maximum atomic E-state index is 12.6. The van der Waals surface area contributed by atoms with Gasteiger partial charge in [-0.25, -0.2) is 4.98 Å². The van der Waals surface area contributed by atoms with Gasteiger partial charge in [0, 0.05) is 6.20 Å². The van der Waals surface area contributed by atoms with E-state index in [0.29, 0.717) is 0 Å². The fourth-order valence-corrected chi connectivity index (χ4v) is 1.50. The molecule has 1 aromatic heterocycles. The van der Waals surface area contributed by atoms with Crippen LogP contribution in [0, 0.1) is 0 Å². The highest BCUT2D eigenvalue weighted by atomic mass is 35.5. The molecule has 0 aliphatic rings. The van der Waals surface area contributed by atoms with Gasteiger partial charge in [-0.15, -0.1) is 0 Å². The third kappa shape index (κ3) is 3.74. The molecule has 1 heterocycles. The lowest BCUT2D eigenvalue weighted by Crippen LogP contribution is -2.23. The Morgan fingerprint density at radius 2 is 2.06 bits per heavy atom. The van der Waals surface area contributed by atoms with Crippen LogP contribution in [-0.4, -0.2) is 22.2 Å². The van der Waals surface area contributed by atoms with Crippen molar-refractivity contribution in [1.82, 2.24) is 4.98 Å². The molecular formula is C9H6Cl2F3NO2. The number of aliphatic carboxylic acids is 1. The summed E-state index contributed by atoms with van der Waals surface area (Å²) in [4.78, 5) is 13.9. The van der Waals surface area contributed by atoms with Crippen molar-refractivity contribution in [1.29, 1.82) is 0 Å². The summed E-state index contributed by atoms with van der Waals surface area (Å²) >= 11 is 11.0. The van der Waals surface area contributed by atoms with Crippen molar-refractivity contribution in [2.45, 2.75) is 18.5 Å². The van der Waals surface area contributed by atoms with Crippen LogP contribution in [0.25, 0.3) is 0 Å². The SMILES string of the molecule is O=C(O)CC(c1cnc(Cl)c(Cl)c1)C(F)(F)F. The highest BCUT2D eigenvalue weighted by Gasteiger charge is 2.42. The highest BCUT2D eigenvalue weighted by molar-refractivity contribution is 6.41. The van der Waals surface area contributed by atoms with Crippen LogP contribution in [0.5, 0.6) is 0 Å². The summed E-state index contributed by atoms with van der Waals surface area (Å²) in [5, 5.41) is 8.17. The minimum atomic E-state index is -4.68. The van der Waals surface area contributed by atoms with Crippen LogP contribution in [0.2, 0.25) is 10.2 Å². The van der Waals surface area contributed by atoms with Crippen LogP contribution in [0.3, 0.4) is 0 Å². The van der Waals surface area contributed by atoms with Crippen molar-refractivity contribution < 1.29 is 23.1 Å². The van der Waals surface area contributed by atoms with E-state index in [2.05, 4.69) is 4.98 Å². The zero-order chi connectivity index (χ0) is 13.2. The lowest BCUT2D eigenvalue weighted by molar-refractivity contribution is -0.163. The minimum Gasteiger partial charge on any atom is -0.481 e. The summed E-state index contributed by atoms with van der Waals surface area (Å²) in [6.45, 7) is 0. The van der Waals surface area contributed by atoms with E-state index in [1.165, 1.54) is 0 Å². The monoisotopic (exact) mass is 287 g/mol. The molecule has 0 spiro atoms. The van der Waals surface area contributed by atoms with Gasteiger partial charge in [0.2, 0.25) is 0 Å². The molecule has 8 heteroatoms. The van der Waals surface area contributed by atoms with Gasteiger partial charge < -0.3 is 5.11 Å². The summed E-state index contributed by atoms with van der Waals surface area (Å²) < 4.78 is 37.9. The van der Waals surface area contributed by atoms with Gasteiger partial charge >= 0.3 is 12.1 Å². The molecule has 1 aromatic rings. The average Bonchev–Trinajstić information content (AvgIpc) is 2.17. The lowest BCUT2D eigenvalue weighted by Gasteiger charge is -2.18. The van der Waals surface area contributed by atoms with Gasteiger partial charge in [0.05, 0.1) is 17.4 Å². The van der Waals surface area contributed by atoms with Gasteiger partial charge in [-0.2, -0.15) is 13.2 Å². The van der Waals surface area contributed by atoms with E-state index in [-0.39, 0.29) is 15.7 Å². The van der Waals surface area contributed by atoms with Crippen LogP contribution >= 0.6 is 23.2 Å². The predicted octanol–water partition coefficient (Wildman–Crippen LogP) is 3.51.